The molecule has 3 aromatic rings. The smallest absolute Gasteiger partial charge is 0.323 e. The molecule has 0 saturated carbocycles. The number of halogens is 3. The van der Waals surface area contributed by atoms with E-state index in [1.54, 1.807) is 35.2 Å². The van der Waals surface area contributed by atoms with Crippen LogP contribution in [0.1, 0.15) is 12.0 Å². The zero-order valence-electron chi connectivity index (χ0n) is 25.8. The van der Waals surface area contributed by atoms with Crippen LogP contribution in [0.25, 0.3) is 0 Å². The molecule has 14 heteroatoms. The number of carbonyl (C=O) groups is 3. The van der Waals surface area contributed by atoms with E-state index in [9.17, 15) is 23.2 Å². The summed E-state index contributed by atoms with van der Waals surface area (Å²) in [6, 6.07) is 14.7. The summed E-state index contributed by atoms with van der Waals surface area (Å²) in [7, 11) is 1.47. The van der Waals surface area contributed by atoms with Crippen LogP contribution in [0, 0.1) is 11.6 Å². The maximum atomic E-state index is 14.4. The van der Waals surface area contributed by atoms with Crippen LogP contribution in [0.5, 0.6) is 11.5 Å². The fourth-order valence-electron chi connectivity index (χ4n) is 5.87. The molecule has 0 aromatic heterocycles. The van der Waals surface area contributed by atoms with E-state index in [0.717, 1.165) is 16.6 Å². The summed E-state index contributed by atoms with van der Waals surface area (Å²) in [6.45, 7) is 3.20. The van der Waals surface area contributed by atoms with E-state index in [0.29, 0.717) is 61.8 Å². The number of aliphatic carboxylic acids is 1. The SMILES string of the molecule is COc1cc(CC(=O)N2CC(Oc3ccc(F)cc3F)CC2CN2CCN(CC(=O)O)CC2)ccc1NC(=O)Nc1ccccc1Br. The van der Waals surface area contributed by atoms with E-state index < -0.39 is 29.7 Å². The highest BCUT2D eigenvalue weighted by Gasteiger charge is 2.38. The number of urea groups is 1. The van der Waals surface area contributed by atoms with Gasteiger partial charge in [-0.3, -0.25) is 19.4 Å². The molecule has 0 spiro atoms. The van der Waals surface area contributed by atoms with Gasteiger partial charge < -0.3 is 30.1 Å². The first-order valence-corrected chi connectivity index (χ1v) is 15.9. The minimum Gasteiger partial charge on any atom is -0.495 e. The van der Waals surface area contributed by atoms with E-state index in [1.165, 1.54) is 13.2 Å². The third-order valence-corrected chi connectivity index (χ3v) is 8.86. The van der Waals surface area contributed by atoms with Crippen molar-refractivity contribution in [3.05, 3.63) is 82.3 Å². The van der Waals surface area contributed by atoms with Gasteiger partial charge in [-0.1, -0.05) is 18.2 Å². The molecule has 2 unspecified atom stereocenters. The van der Waals surface area contributed by atoms with E-state index in [4.69, 9.17) is 14.6 Å². The standard InChI is InChI=1S/C33H36BrF2N5O6/c1-46-30-14-21(6-8-28(30)38-33(45)37-27-5-3-2-4-25(27)34)15-31(42)41-19-24(47-29-9-7-22(35)16-26(29)36)17-23(41)18-39-10-12-40(13-11-39)20-32(43)44/h2-9,14,16,23-24H,10-13,15,17-20H2,1H3,(H,43,44)(H2,37,38,45). The molecule has 2 saturated heterocycles. The van der Waals surface area contributed by atoms with E-state index in [-0.39, 0.29) is 37.2 Å². The van der Waals surface area contributed by atoms with Crippen molar-refractivity contribution in [2.75, 3.05) is 63.6 Å². The Morgan fingerprint density at radius 3 is 2.36 bits per heavy atom. The Morgan fingerprint density at radius 2 is 1.66 bits per heavy atom. The van der Waals surface area contributed by atoms with Gasteiger partial charge in [0.25, 0.3) is 0 Å². The number of carboxylic acids is 1. The largest absolute Gasteiger partial charge is 0.495 e. The Labute approximate surface area is 279 Å². The van der Waals surface area contributed by atoms with Crippen molar-refractivity contribution in [1.29, 1.82) is 0 Å². The van der Waals surface area contributed by atoms with Gasteiger partial charge in [0.15, 0.2) is 11.6 Å². The molecule has 2 aliphatic rings. The van der Waals surface area contributed by atoms with Crippen molar-refractivity contribution in [2.45, 2.75) is 25.0 Å². The molecule has 2 atom stereocenters. The number of anilines is 2. The Balaban J connectivity index is 1.26. The average Bonchev–Trinajstić information content (AvgIpc) is 3.43. The van der Waals surface area contributed by atoms with E-state index >= 15 is 0 Å². The lowest BCUT2D eigenvalue weighted by atomic mass is 10.1. The average molecular weight is 717 g/mol. The molecular formula is C33H36BrF2N5O6. The molecule has 5 rings (SSSR count). The summed E-state index contributed by atoms with van der Waals surface area (Å²) in [5.74, 6) is -2.26. The molecule has 2 aliphatic heterocycles. The second-order valence-electron chi connectivity index (χ2n) is 11.5. The number of hydrogen-bond acceptors (Lipinski definition) is 7. The molecule has 2 heterocycles. The summed E-state index contributed by atoms with van der Waals surface area (Å²) in [4.78, 5) is 43.3. The quantitative estimate of drug-likeness (QED) is 0.262. The minimum absolute atomic E-state index is 0.0196. The summed E-state index contributed by atoms with van der Waals surface area (Å²) in [6.07, 6.45) is -0.0293. The maximum Gasteiger partial charge on any atom is 0.323 e. The molecular weight excluding hydrogens is 680 g/mol. The van der Waals surface area contributed by atoms with Crippen LogP contribution < -0.4 is 20.1 Å². The third kappa shape index (κ3) is 9.18. The van der Waals surface area contributed by atoms with Crippen LogP contribution in [-0.2, 0) is 16.0 Å². The van der Waals surface area contributed by atoms with Gasteiger partial charge in [-0.05, 0) is 57.9 Å². The lowest BCUT2D eigenvalue weighted by molar-refractivity contribution is -0.139. The van der Waals surface area contributed by atoms with Crippen LogP contribution in [0.15, 0.2) is 65.1 Å². The minimum atomic E-state index is -0.872. The Bertz CT molecular complexity index is 1610. The van der Waals surface area contributed by atoms with Gasteiger partial charge >= 0.3 is 12.0 Å². The number of hydrogen-bond donors (Lipinski definition) is 3. The summed E-state index contributed by atoms with van der Waals surface area (Å²) in [5, 5.41) is 14.7. The lowest BCUT2D eigenvalue weighted by Crippen LogP contribution is -2.52. The number of piperazine rings is 1. The second kappa shape index (κ2) is 15.5. The number of rotatable bonds is 11. The van der Waals surface area contributed by atoms with Crippen LogP contribution >= 0.6 is 15.9 Å². The number of benzene rings is 3. The first-order chi connectivity index (χ1) is 22.6. The van der Waals surface area contributed by atoms with Crippen molar-refractivity contribution >= 4 is 45.2 Å². The van der Waals surface area contributed by atoms with Crippen molar-refractivity contribution in [3.63, 3.8) is 0 Å². The molecule has 250 valence electrons. The van der Waals surface area contributed by atoms with Gasteiger partial charge in [0.05, 0.1) is 38.0 Å². The van der Waals surface area contributed by atoms with Crippen molar-refractivity contribution < 1.29 is 37.7 Å². The van der Waals surface area contributed by atoms with E-state index in [1.807, 2.05) is 17.0 Å². The van der Waals surface area contributed by atoms with Crippen molar-refractivity contribution in [3.8, 4) is 11.5 Å². The predicted octanol–water partition coefficient (Wildman–Crippen LogP) is 4.67. The number of nitrogens with one attached hydrogen (secondary N) is 2. The molecule has 3 amide bonds. The predicted molar refractivity (Wildman–Crippen MR) is 175 cm³/mol. The molecule has 3 aromatic carbocycles. The first kappa shape index (κ1) is 34.1. The molecule has 3 N–H and O–H groups in total. The highest BCUT2D eigenvalue weighted by Crippen LogP contribution is 2.30. The number of ether oxygens (including phenoxy) is 2. The van der Waals surface area contributed by atoms with Crippen LogP contribution in [0.2, 0.25) is 0 Å². The maximum absolute atomic E-state index is 14.4. The fraction of sp³-hybridized carbons (Fsp3) is 0.364. The van der Waals surface area contributed by atoms with Crippen LogP contribution in [0.4, 0.5) is 25.0 Å². The zero-order valence-corrected chi connectivity index (χ0v) is 27.3. The number of amides is 3. The molecule has 0 aliphatic carbocycles. The topological polar surface area (TPSA) is 124 Å². The van der Waals surface area contributed by atoms with Crippen molar-refractivity contribution in [1.82, 2.24) is 14.7 Å². The number of carboxylic acid groups (broad SMARTS) is 1. The molecule has 47 heavy (non-hydrogen) atoms. The normalized spacial score (nSPS) is 18.5. The monoisotopic (exact) mass is 715 g/mol. The van der Waals surface area contributed by atoms with Crippen LogP contribution in [0.3, 0.4) is 0 Å². The Hall–Kier alpha value is -4.27. The fourth-order valence-corrected chi connectivity index (χ4v) is 6.25. The molecule has 2 fully saturated rings. The third-order valence-electron chi connectivity index (χ3n) is 8.17. The number of likely N-dealkylation sites (tertiary alicyclic amines) is 1. The Kier molecular flexibility index (Phi) is 11.3. The van der Waals surface area contributed by atoms with Gasteiger partial charge in [-0.15, -0.1) is 0 Å². The van der Waals surface area contributed by atoms with Gasteiger partial charge in [0.1, 0.15) is 17.7 Å². The lowest BCUT2D eigenvalue weighted by Gasteiger charge is -2.36. The Morgan fingerprint density at radius 1 is 0.936 bits per heavy atom. The molecule has 0 radical (unpaired) electrons. The summed E-state index contributed by atoms with van der Waals surface area (Å²) < 4.78 is 40.0. The highest BCUT2D eigenvalue weighted by atomic mass is 79.9. The van der Waals surface area contributed by atoms with Crippen LogP contribution in [-0.4, -0.2) is 103 Å². The van der Waals surface area contributed by atoms with Gasteiger partial charge in [-0.2, -0.15) is 0 Å². The highest BCUT2D eigenvalue weighted by molar-refractivity contribution is 9.10. The number of para-hydroxylation sites is 1. The van der Waals surface area contributed by atoms with Crippen molar-refractivity contribution in [2.24, 2.45) is 0 Å². The number of carbonyl (C=O) groups excluding carboxylic acids is 2. The van der Waals surface area contributed by atoms with Gasteiger partial charge in [0, 0.05) is 55.7 Å². The first-order valence-electron chi connectivity index (χ1n) is 15.1. The van der Waals surface area contributed by atoms with Gasteiger partial charge in [0.2, 0.25) is 5.91 Å². The molecule has 0 bridgehead atoms. The number of methoxy groups -OCH3 is 1. The van der Waals surface area contributed by atoms with Gasteiger partial charge in [-0.25, -0.2) is 13.6 Å². The summed E-state index contributed by atoms with van der Waals surface area (Å²) in [5.41, 5.74) is 1.68. The zero-order chi connectivity index (χ0) is 33.5. The van der Waals surface area contributed by atoms with E-state index in [2.05, 4.69) is 31.5 Å². The number of nitrogens with zero attached hydrogens (tertiary/aromatic N) is 3. The second-order valence-corrected chi connectivity index (χ2v) is 12.3. The summed E-state index contributed by atoms with van der Waals surface area (Å²) >= 11 is 3.40. The molecule has 11 nitrogen and oxygen atoms in total.